The summed E-state index contributed by atoms with van der Waals surface area (Å²) in [4.78, 5) is 15.5. The summed E-state index contributed by atoms with van der Waals surface area (Å²) in [6, 6.07) is 6.21. The number of carbonyl (C=O) groups is 1. The first-order chi connectivity index (χ1) is 9.82. The van der Waals surface area contributed by atoms with E-state index < -0.39 is 0 Å². The molecule has 1 amide bonds. The third-order valence-corrected chi connectivity index (χ3v) is 4.94. The number of nitrogens with two attached hydrogens (primary N) is 1. The van der Waals surface area contributed by atoms with Crippen molar-refractivity contribution in [3.05, 3.63) is 28.6 Å². The molecule has 1 aromatic heterocycles. The van der Waals surface area contributed by atoms with Crippen LogP contribution in [0.1, 0.15) is 42.9 Å². The Bertz CT molecular complexity index is 658. The highest BCUT2D eigenvalue weighted by molar-refractivity contribution is 7.21. The predicted octanol–water partition coefficient (Wildman–Crippen LogP) is 4.30. The molecule has 0 saturated heterocycles. The van der Waals surface area contributed by atoms with Crippen LogP contribution in [-0.2, 0) is 0 Å². The maximum atomic E-state index is 12.9. The quantitative estimate of drug-likeness (QED) is 0.915. The minimum absolute atomic E-state index is 0.0526. The number of anilines is 1. The average molecular weight is 304 g/mol. The standard InChI is InChI=1S/C17H24N2OS/c1-10(2)9-19(11(3)4)17(20)16-14(18)13-8-6-7-12(5)15(13)21-16/h6-8,10-11H,9,18H2,1-5H3. The van der Waals surface area contributed by atoms with Gasteiger partial charge in [-0.2, -0.15) is 0 Å². The maximum Gasteiger partial charge on any atom is 0.266 e. The summed E-state index contributed by atoms with van der Waals surface area (Å²) in [5.41, 5.74) is 8.03. The van der Waals surface area contributed by atoms with E-state index in [1.807, 2.05) is 17.0 Å². The van der Waals surface area contributed by atoms with Crippen LogP contribution in [0.2, 0.25) is 0 Å². The number of amides is 1. The Balaban J connectivity index is 2.47. The molecule has 0 bridgehead atoms. The first-order valence-electron chi connectivity index (χ1n) is 7.41. The highest BCUT2D eigenvalue weighted by atomic mass is 32.1. The number of carbonyl (C=O) groups excluding carboxylic acids is 1. The van der Waals surface area contributed by atoms with E-state index in [0.717, 1.165) is 16.6 Å². The van der Waals surface area contributed by atoms with Crippen LogP contribution in [0, 0.1) is 12.8 Å². The van der Waals surface area contributed by atoms with Gasteiger partial charge in [0.25, 0.3) is 5.91 Å². The highest BCUT2D eigenvalue weighted by Crippen LogP contribution is 2.36. The fourth-order valence-corrected chi connectivity index (χ4v) is 3.64. The number of thiophene rings is 1. The smallest absolute Gasteiger partial charge is 0.266 e. The fraction of sp³-hybridized carbons (Fsp3) is 0.471. The Kier molecular flexibility index (Phi) is 4.57. The van der Waals surface area contributed by atoms with Crippen LogP contribution in [0.4, 0.5) is 5.69 Å². The van der Waals surface area contributed by atoms with Crippen molar-refractivity contribution < 1.29 is 4.79 Å². The Morgan fingerprint density at radius 1 is 1.29 bits per heavy atom. The van der Waals surface area contributed by atoms with E-state index in [2.05, 4.69) is 40.7 Å². The van der Waals surface area contributed by atoms with Crippen molar-refractivity contribution in [3.8, 4) is 0 Å². The van der Waals surface area contributed by atoms with Gasteiger partial charge in [0, 0.05) is 22.7 Å². The largest absolute Gasteiger partial charge is 0.397 e. The van der Waals surface area contributed by atoms with Crippen molar-refractivity contribution in [2.75, 3.05) is 12.3 Å². The lowest BCUT2D eigenvalue weighted by atomic mass is 10.1. The number of benzene rings is 1. The summed E-state index contributed by atoms with van der Waals surface area (Å²) in [6.45, 7) is 11.2. The molecule has 1 aromatic carbocycles. The van der Waals surface area contributed by atoms with Crippen LogP contribution < -0.4 is 5.73 Å². The zero-order valence-corrected chi connectivity index (χ0v) is 14.3. The maximum absolute atomic E-state index is 12.9. The molecule has 0 unspecified atom stereocenters. The minimum atomic E-state index is 0.0526. The zero-order chi connectivity index (χ0) is 15.7. The van der Waals surface area contributed by atoms with Gasteiger partial charge in [-0.05, 0) is 32.3 Å². The van der Waals surface area contributed by atoms with Crippen molar-refractivity contribution in [3.63, 3.8) is 0 Å². The van der Waals surface area contributed by atoms with Gasteiger partial charge >= 0.3 is 0 Å². The summed E-state index contributed by atoms with van der Waals surface area (Å²) in [5.74, 6) is 0.491. The Hall–Kier alpha value is -1.55. The molecule has 0 aliphatic carbocycles. The predicted molar refractivity (Wildman–Crippen MR) is 92.0 cm³/mol. The Labute approximate surface area is 130 Å². The van der Waals surface area contributed by atoms with Crippen molar-refractivity contribution in [1.29, 1.82) is 0 Å². The summed E-state index contributed by atoms with van der Waals surface area (Å²) in [5, 5.41) is 0.997. The summed E-state index contributed by atoms with van der Waals surface area (Å²) in [6.07, 6.45) is 0. The van der Waals surface area contributed by atoms with E-state index in [0.29, 0.717) is 16.5 Å². The molecule has 114 valence electrons. The molecule has 1 heterocycles. The van der Waals surface area contributed by atoms with Gasteiger partial charge in [0.15, 0.2) is 0 Å². The number of rotatable bonds is 4. The van der Waals surface area contributed by atoms with E-state index in [9.17, 15) is 4.79 Å². The van der Waals surface area contributed by atoms with Crippen LogP contribution in [0.3, 0.4) is 0 Å². The Morgan fingerprint density at radius 3 is 2.48 bits per heavy atom. The molecular weight excluding hydrogens is 280 g/mol. The number of aryl methyl sites for hydroxylation is 1. The van der Waals surface area contributed by atoms with E-state index >= 15 is 0 Å². The van der Waals surface area contributed by atoms with Gasteiger partial charge in [-0.1, -0.05) is 32.0 Å². The first-order valence-corrected chi connectivity index (χ1v) is 8.23. The highest BCUT2D eigenvalue weighted by Gasteiger charge is 2.24. The summed E-state index contributed by atoms with van der Waals surface area (Å²) in [7, 11) is 0. The molecule has 2 rings (SSSR count). The van der Waals surface area contributed by atoms with Crippen molar-refractivity contribution >= 4 is 33.0 Å². The van der Waals surface area contributed by atoms with Crippen molar-refractivity contribution in [1.82, 2.24) is 4.90 Å². The van der Waals surface area contributed by atoms with Gasteiger partial charge < -0.3 is 10.6 Å². The van der Waals surface area contributed by atoms with Crippen LogP contribution >= 0.6 is 11.3 Å². The first kappa shape index (κ1) is 15.8. The second-order valence-corrected chi connectivity index (χ2v) is 7.26. The zero-order valence-electron chi connectivity index (χ0n) is 13.4. The van der Waals surface area contributed by atoms with Gasteiger partial charge in [-0.3, -0.25) is 4.79 Å². The Morgan fingerprint density at radius 2 is 1.95 bits per heavy atom. The number of fused-ring (bicyclic) bond motifs is 1. The lowest BCUT2D eigenvalue weighted by molar-refractivity contribution is 0.0688. The molecule has 3 nitrogen and oxygen atoms in total. The van der Waals surface area contributed by atoms with E-state index in [1.165, 1.54) is 16.9 Å². The molecule has 0 fully saturated rings. The third-order valence-electron chi connectivity index (χ3n) is 3.59. The molecular formula is C17H24N2OS. The summed E-state index contributed by atoms with van der Waals surface area (Å²) < 4.78 is 1.12. The van der Waals surface area contributed by atoms with Gasteiger partial charge in [-0.15, -0.1) is 11.3 Å². The summed E-state index contributed by atoms with van der Waals surface area (Å²) >= 11 is 1.52. The molecule has 0 spiro atoms. The van der Waals surface area contributed by atoms with Crippen LogP contribution in [0.5, 0.6) is 0 Å². The van der Waals surface area contributed by atoms with Gasteiger partial charge in [-0.25, -0.2) is 0 Å². The number of hydrogen-bond acceptors (Lipinski definition) is 3. The molecule has 4 heteroatoms. The SMILES string of the molecule is Cc1cccc2c(N)c(C(=O)N(CC(C)C)C(C)C)sc12. The number of nitrogens with zero attached hydrogens (tertiary/aromatic N) is 1. The monoisotopic (exact) mass is 304 g/mol. The van der Waals surface area contributed by atoms with Gasteiger partial charge in [0.2, 0.25) is 0 Å². The number of nitrogen functional groups attached to an aromatic ring is 1. The van der Waals surface area contributed by atoms with E-state index in [1.54, 1.807) is 0 Å². The average Bonchev–Trinajstić information content (AvgIpc) is 2.74. The molecule has 0 aliphatic heterocycles. The normalized spacial score (nSPS) is 11.6. The second kappa shape index (κ2) is 6.06. The topological polar surface area (TPSA) is 46.3 Å². The second-order valence-electron chi connectivity index (χ2n) is 6.24. The molecule has 2 N–H and O–H groups in total. The molecule has 0 radical (unpaired) electrons. The third kappa shape index (κ3) is 3.05. The number of hydrogen-bond donors (Lipinski definition) is 1. The molecule has 0 aliphatic rings. The van der Waals surface area contributed by atoms with E-state index in [4.69, 9.17) is 5.73 Å². The van der Waals surface area contributed by atoms with Crippen molar-refractivity contribution in [2.24, 2.45) is 5.92 Å². The molecule has 0 atom stereocenters. The molecule has 0 saturated carbocycles. The van der Waals surface area contributed by atoms with Gasteiger partial charge in [0.1, 0.15) is 4.88 Å². The van der Waals surface area contributed by atoms with E-state index in [-0.39, 0.29) is 11.9 Å². The van der Waals surface area contributed by atoms with Crippen LogP contribution in [-0.4, -0.2) is 23.4 Å². The van der Waals surface area contributed by atoms with Gasteiger partial charge in [0.05, 0.1) is 5.69 Å². The van der Waals surface area contributed by atoms with Crippen LogP contribution in [0.15, 0.2) is 18.2 Å². The van der Waals surface area contributed by atoms with Crippen LogP contribution in [0.25, 0.3) is 10.1 Å². The van der Waals surface area contributed by atoms with Crippen molar-refractivity contribution in [2.45, 2.75) is 40.7 Å². The minimum Gasteiger partial charge on any atom is -0.397 e. The fourth-order valence-electron chi connectivity index (χ4n) is 2.49. The lowest BCUT2D eigenvalue weighted by Gasteiger charge is -2.28. The molecule has 2 aromatic rings. The molecule has 21 heavy (non-hydrogen) atoms. The lowest BCUT2D eigenvalue weighted by Crippen LogP contribution is -2.39.